The van der Waals surface area contributed by atoms with Gasteiger partial charge in [0.05, 0.1) is 17.8 Å². The Morgan fingerprint density at radius 1 is 1.28 bits per heavy atom. The number of amides is 1. The first kappa shape index (κ1) is 14.3. The summed E-state index contributed by atoms with van der Waals surface area (Å²) in [6, 6.07) is 0. The van der Waals surface area contributed by atoms with E-state index in [0.717, 1.165) is 24.1 Å². The van der Waals surface area contributed by atoms with Crippen molar-refractivity contribution < 1.29 is 4.79 Å². The highest BCUT2D eigenvalue weighted by atomic mass is 32.1. The van der Waals surface area contributed by atoms with Crippen molar-refractivity contribution in [3.8, 4) is 0 Å². The lowest BCUT2D eigenvalue weighted by Gasteiger charge is -2.14. The third kappa shape index (κ3) is 3.13. The van der Waals surface area contributed by atoms with E-state index in [0.29, 0.717) is 11.4 Å². The molecule has 0 fully saturated rings. The standard InChI is InChI=1S/C11H17N5OS/c1-3-6-7(4-2)15-16-11(9(6)10(13)18)14-5-8(12)17/h3-5H2,1-2H3,(H2,12,17)(H2,13,18)(H,14,16). The molecule has 0 aromatic carbocycles. The second kappa shape index (κ2) is 6.25. The third-order valence-electron chi connectivity index (χ3n) is 2.52. The first-order valence-corrected chi connectivity index (χ1v) is 6.12. The number of aryl methyl sites for hydroxylation is 1. The highest BCUT2D eigenvalue weighted by Gasteiger charge is 2.16. The van der Waals surface area contributed by atoms with E-state index in [9.17, 15) is 4.79 Å². The Kier molecular flexibility index (Phi) is 4.96. The van der Waals surface area contributed by atoms with Crippen LogP contribution in [0.5, 0.6) is 0 Å². The maximum absolute atomic E-state index is 10.8. The van der Waals surface area contributed by atoms with Crippen LogP contribution in [0.15, 0.2) is 0 Å². The minimum Gasteiger partial charge on any atom is -0.389 e. The molecule has 0 saturated heterocycles. The molecule has 7 heteroatoms. The number of carbonyl (C=O) groups is 1. The van der Waals surface area contributed by atoms with Crippen LogP contribution in [-0.2, 0) is 17.6 Å². The second-order valence-corrected chi connectivity index (χ2v) is 4.18. The number of rotatable bonds is 6. The van der Waals surface area contributed by atoms with E-state index in [4.69, 9.17) is 23.7 Å². The Morgan fingerprint density at radius 2 is 1.94 bits per heavy atom. The Bertz CT molecular complexity index is 475. The van der Waals surface area contributed by atoms with Gasteiger partial charge in [0, 0.05) is 0 Å². The summed E-state index contributed by atoms with van der Waals surface area (Å²) < 4.78 is 0. The number of carbonyl (C=O) groups excluding carboxylic acids is 1. The molecule has 0 aliphatic rings. The molecule has 6 nitrogen and oxygen atoms in total. The van der Waals surface area contributed by atoms with Crippen molar-refractivity contribution >= 4 is 28.9 Å². The average molecular weight is 267 g/mol. The Labute approximate surface area is 111 Å². The average Bonchev–Trinajstić information content (AvgIpc) is 2.34. The van der Waals surface area contributed by atoms with E-state index in [1.807, 2.05) is 13.8 Å². The summed E-state index contributed by atoms with van der Waals surface area (Å²) in [5, 5.41) is 10.9. The quantitative estimate of drug-likeness (QED) is 0.633. The lowest BCUT2D eigenvalue weighted by atomic mass is 10.0. The molecule has 0 atom stereocenters. The van der Waals surface area contributed by atoms with E-state index in [1.165, 1.54) is 0 Å². The van der Waals surface area contributed by atoms with Crippen LogP contribution in [0, 0.1) is 0 Å². The minimum absolute atomic E-state index is 0.0288. The number of aromatic nitrogens is 2. The molecule has 1 rings (SSSR count). The lowest BCUT2D eigenvalue weighted by molar-refractivity contribution is -0.116. The molecule has 1 amide bonds. The number of hydrogen-bond acceptors (Lipinski definition) is 5. The number of nitrogens with one attached hydrogen (secondary N) is 1. The maximum atomic E-state index is 10.8. The van der Waals surface area contributed by atoms with E-state index >= 15 is 0 Å². The predicted molar refractivity (Wildman–Crippen MR) is 74.4 cm³/mol. The molecule has 0 unspecified atom stereocenters. The molecule has 98 valence electrons. The van der Waals surface area contributed by atoms with Crippen molar-refractivity contribution in [2.24, 2.45) is 11.5 Å². The molecule has 1 aromatic heterocycles. The fourth-order valence-corrected chi connectivity index (χ4v) is 1.95. The van der Waals surface area contributed by atoms with Gasteiger partial charge in [-0.15, -0.1) is 5.10 Å². The van der Waals surface area contributed by atoms with Gasteiger partial charge in [-0.05, 0) is 18.4 Å². The highest BCUT2D eigenvalue weighted by Crippen LogP contribution is 2.20. The molecule has 0 bridgehead atoms. The van der Waals surface area contributed by atoms with E-state index in [-0.39, 0.29) is 11.5 Å². The predicted octanol–water partition coefficient (Wildman–Crippen LogP) is 0.133. The zero-order valence-electron chi connectivity index (χ0n) is 10.5. The van der Waals surface area contributed by atoms with Gasteiger partial charge in [-0.25, -0.2) is 0 Å². The summed E-state index contributed by atoms with van der Waals surface area (Å²) in [5.41, 5.74) is 13.3. The number of anilines is 1. The molecule has 0 aliphatic heterocycles. The molecule has 0 radical (unpaired) electrons. The zero-order valence-corrected chi connectivity index (χ0v) is 11.3. The van der Waals surface area contributed by atoms with Gasteiger partial charge in [0.15, 0.2) is 5.82 Å². The minimum atomic E-state index is -0.483. The van der Waals surface area contributed by atoms with Crippen LogP contribution in [0.2, 0.25) is 0 Å². The summed E-state index contributed by atoms with van der Waals surface area (Å²) in [7, 11) is 0. The number of primary amides is 1. The van der Waals surface area contributed by atoms with Crippen molar-refractivity contribution in [3.05, 3.63) is 16.8 Å². The highest BCUT2D eigenvalue weighted by molar-refractivity contribution is 7.80. The van der Waals surface area contributed by atoms with Crippen LogP contribution in [-0.4, -0.2) is 27.6 Å². The zero-order chi connectivity index (χ0) is 13.7. The van der Waals surface area contributed by atoms with E-state index < -0.39 is 5.91 Å². The fourth-order valence-electron chi connectivity index (χ4n) is 1.73. The summed E-state index contributed by atoms with van der Waals surface area (Å²) in [4.78, 5) is 11.0. The molecule has 0 saturated carbocycles. The first-order valence-electron chi connectivity index (χ1n) is 5.71. The molecule has 5 N–H and O–H groups in total. The molecular weight excluding hydrogens is 250 g/mol. The lowest BCUT2D eigenvalue weighted by Crippen LogP contribution is -2.25. The van der Waals surface area contributed by atoms with Gasteiger partial charge in [0.1, 0.15) is 4.99 Å². The molecule has 18 heavy (non-hydrogen) atoms. The maximum Gasteiger partial charge on any atom is 0.236 e. The van der Waals surface area contributed by atoms with Crippen molar-refractivity contribution in [2.45, 2.75) is 26.7 Å². The van der Waals surface area contributed by atoms with Crippen molar-refractivity contribution in [1.29, 1.82) is 0 Å². The Hall–Kier alpha value is -1.76. The van der Waals surface area contributed by atoms with Gasteiger partial charge in [0.25, 0.3) is 0 Å². The van der Waals surface area contributed by atoms with Crippen LogP contribution >= 0.6 is 12.2 Å². The molecular formula is C11H17N5OS. The van der Waals surface area contributed by atoms with Crippen molar-refractivity contribution in [3.63, 3.8) is 0 Å². The van der Waals surface area contributed by atoms with Crippen LogP contribution in [0.3, 0.4) is 0 Å². The van der Waals surface area contributed by atoms with Crippen LogP contribution < -0.4 is 16.8 Å². The number of nitrogens with zero attached hydrogens (tertiary/aromatic N) is 2. The fraction of sp³-hybridized carbons (Fsp3) is 0.455. The van der Waals surface area contributed by atoms with E-state index in [2.05, 4.69) is 15.5 Å². The monoisotopic (exact) mass is 267 g/mol. The normalized spacial score (nSPS) is 10.1. The summed E-state index contributed by atoms with van der Waals surface area (Å²) >= 11 is 5.04. The molecule has 1 heterocycles. The Balaban J connectivity index is 3.25. The third-order valence-corrected chi connectivity index (χ3v) is 2.73. The first-order chi connectivity index (χ1) is 8.51. The SMILES string of the molecule is CCc1nnc(NCC(N)=O)c(C(N)=S)c1CC. The smallest absolute Gasteiger partial charge is 0.236 e. The van der Waals surface area contributed by atoms with Gasteiger partial charge in [0.2, 0.25) is 5.91 Å². The largest absolute Gasteiger partial charge is 0.389 e. The molecule has 0 aliphatic carbocycles. The second-order valence-electron chi connectivity index (χ2n) is 3.74. The van der Waals surface area contributed by atoms with Gasteiger partial charge in [-0.3, -0.25) is 4.79 Å². The van der Waals surface area contributed by atoms with Gasteiger partial charge in [-0.1, -0.05) is 26.1 Å². The van der Waals surface area contributed by atoms with Crippen molar-refractivity contribution in [1.82, 2.24) is 10.2 Å². The number of hydrogen-bond donors (Lipinski definition) is 3. The van der Waals surface area contributed by atoms with Crippen LogP contribution in [0.4, 0.5) is 5.82 Å². The van der Waals surface area contributed by atoms with Crippen LogP contribution in [0.1, 0.15) is 30.7 Å². The van der Waals surface area contributed by atoms with E-state index in [1.54, 1.807) is 0 Å². The topological polar surface area (TPSA) is 107 Å². The Morgan fingerprint density at radius 3 is 2.39 bits per heavy atom. The van der Waals surface area contributed by atoms with Crippen molar-refractivity contribution in [2.75, 3.05) is 11.9 Å². The van der Waals surface area contributed by atoms with Gasteiger partial charge in [-0.2, -0.15) is 5.10 Å². The summed E-state index contributed by atoms with van der Waals surface area (Å²) in [6.45, 7) is 3.96. The molecule has 0 spiro atoms. The van der Waals surface area contributed by atoms with Gasteiger partial charge >= 0.3 is 0 Å². The van der Waals surface area contributed by atoms with Crippen LogP contribution in [0.25, 0.3) is 0 Å². The number of thiocarbonyl (C=S) groups is 1. The molecule has 1 aromatic rings. The number of nitrogens with two attached hydrogens (primary N) is 2. The summed E-state index contributed by atoms with van der Waals surface area (Å²) in [6.07, 6.45) is 1.50. The van der Waals surface area contributed by atoms with Gasteiger partial charge < -0.3 is 16.8 Å². The summed E-state index contributed by atoms with van der Waals surface area (Å²) in [5.74, 6) is -0.0707.